The number of ether oxygens (including phenoxy) is 2. The summed E-state index contributed by atoms with van der Waals surface area (Å²) in [5.41, 5.74) is 0.715. The fraction of sp³-hybridized carbons (Fsp3) is 0.545. The Morgan fingerprint density at radius 3 is 2.58 bits per heavy atom. The molecule has 1 aliphatic heterocycles. The number of carbonyl (C=O) groups is 2. The molecule has 1 saturated carbocycles. The van der Waals surface area contributed by atoms with Crippen molar-refractivity contribution in [3.63, 3.8) is 0 Å². The van der Waals surface area contributed by atoms with Crippen molar-refractivity contribution in [3.05, 3.63) is 24.1 Å². The molecular weight excluding hydrogens is 400 g/mol. The lowest BCUT2D eigenvalue weighted by atomic mass is 9.81. The van der Waals surface area contributed by atoms with Gasteiger partial charge >= 0.3 is 6.03 Å². The molecule has 31 heavy (non-hydrogen) atoms. The van der Waals surface area contributed by atoms with Gasteiger partial charge in [0.15, 0.2) is 11.5 Å². The van der Waals surface area contributed by atoms with Crippen LogP contribution in [0.5, 0.6) is 11.5 Å². The molecular formula is C22H28N4O5. The van der Waals surface area contributed by atoms with Gasteiger partial charge in [-0.05, 0) is 44.9 Å². The molecule has 2 aliphatic rings. The summed E-state index contributed by atoms with van der Waals surface area (Å²) < 4.78 is 16.1. The van der Waals surface area contributed by atoms with Crippen LogP contribution in [0.1, 0.15) is 45.4 Å². The van der Waals surface area contributed by atoms with E-state index in [9.17, 15) is 9.59 Å². The predicted molar refractivity (Wildman–Crippen MR) is 112 cm³/mol. The Bertz CT molecular complexity index is 973. The molecule has 1 saturated heterocycles. The molecule has 9 heteroatoms. The van der Waals surface area contributed by atoms with Crippen LogP contribution in [-0.2, 0) is 11.3 Å². The van der Waals surface area contributed by atoms with E-state index in [0.717, 1.165) is 25.7 Å². The fourth-order valence-electron chi connectivity index (χ4n) is 4.54. The van der Waals surface area contributed by atoms with E-state index in [1.807, 2.05) is 19.9 Å². The third-order valence-electron chi connectivity index (χ3n) is 6.07. The second-order valence-corrected chi connectivity index (χ2v) is 8.25. The number of fused-ring (bicyclic) bond motifs is 1. The first kappa shape index (κ1) is 21.1. The third kappa shape index (κ3) is 3.84. The van der Waals surface area contributed by atoms with Gasteiger partial charge in [-0.1, -0.05) is 18.0 Å². The zero-order chi connectivity index (χ0) is 22.1. The Labute approximate surface area is 181 Å². The van der Waals surface area contributed by atoms with Crippen LogP contribution in [0.3, 0.4) is 0 Å². The van der Waals surface area contributed by atoms with Gasteiger partial charge in [-0.25, -0.2) is 4.79 Å². The molecule has 9 nitrogen and oxygen atoms in total. The summed E-state index contributed by atoms with van der Waals surface area (Å²) in [5, 5.41) is 4.08. The van der Waals surface area contributed by atoms with Crippen molar-refractivity contribution < 1.29 is 23.6 Å². The number of urea groups is 1. The highest BCUT2D eigenvalue weighted by atomic mass is 16.5. The summed E-state index contributed by atoms with van der Waals surface area (Å²) in [5.74, 6) is 1.68. The predicted octanol–water partition coefficient (Wildman–Crippen LogP) is 3.49. The molecule has 1 aromatic carbocycles. The molecule has 2 fully saturated rings. The lowest BCUT2D eigenvalue weighted by Crippen LogP contribution is -2.63. The van der Waals surface area contributed by atoms with Gasteiger partial charge in [0.25, 0.3) is 0 Å². The molecule has 2 unspecified atom stereocenters. The zero-order valence-corrected chi connectivity index (χ0v) is 18.3. The second-order valence-electron chi connectivity index (χ2n) is 8.25. The Balaban J connectivity index is 1.59. The van der Waals surface area contributed by atoms with Crippen molar-refractivity contribution in [2.24, 2.45) is 5.92 Å². The van der Waals surface area contributed by atoms with Gasteiger partial charge in [0, 0.05) is 17.6 Å². The summed E-state index contributed by atoms with van der Waals surface area (Å²) in [4.78, 5) is 33.7. The third-order valence-corrected chi connectivity index (χ3v) is 6.07. The molecule has 4 rings (SSSR count). The lowest BCUT2D eigenvalue weighted by molar-refractivity contribution is -0.142. The van der Waals surface area contributed by atoms with Crippen LogP contribution in [0.4, 0.5) is 4.79 Å². The van der Waals surface area contributed by atoms with Crippen molar-refractivity contribution >= 4 is 11.9 Å². The topological polar surface area (TPSA) is 98.0 Å². The highest BCUT2D eigenvalue weighted by Crippen LogP contribution is 2.36. The largest absolute Gasteiger partial charge is 0.493 e. The molecule has 2 aromatic rings. The minimum absolute atomic E-state index is 0.0579. The Kier molecular flexibility index (Phi) is 5.84. The lowest BCUT2D eigenvalue weighted by Gasteiger charge is -2.47. The normalized spacial score (nSPS) is 21.5. The van der Waals surface area contributed by atoms with Crippen LogP contribution < -0.4 is 9.47 Å². The van der Waals surface area contributed by atoms with Crippen molar-refractivity contribution in [3.8, 4) is 22.9 Å². The monoisotopic (exact) mass is 428 g/mol. The van der Waals surface area contributed by atoms with E-state index in [-0.39, 0.29) is 36.5 Å². The van der Waals surface area contributed by atoms with E-state index in [1.165, 1.54) is 4.90 Å². The van der Waals surface area contributed by atoms with Gasteiger partial charge in [0.1, 0.15) is 6.54 Å². The van der Waals surface area contributed by atoms with Crippen LogP contribution in [-0.4, -0.2) is 58.2 Å². The summed E-state index contributed by atoms with van der Waals surface area (Å²) in [6.45, 7) is 3.90. The van der Waals surface area contributed by atoms with E-state index in [1.54, 1.807) is 31.3 Å². The van der Waals surface area contributed by atoms with Crippen molar-refractivity contribution in [1.29, 1.82) is 0 Å². The highest BCUT2D eigenvalue weighted by Gasteiger charge is 2.48. The van der Waals surface area contributed by atoms with Gasteiger partial charge in [0.2, 0.25) is 17.6 Å². The average molecular weight is 428 g/mol. The maximum Gasteiger partial charge on any atom is 0.327 e. The van der Waals surface area contributed by atoms with E-state index in [0.29, 0.717) is 28.8 Å². The Hall–Kier alpha value is -3.10. The molecule has 2 heterocycles. The van der Waals surface area contributed by atoms with Crippen LogP contribution in [0.2, 0.25) is 0 Å². The fourth-order valence-corrected chi connectivity index (χ4v) is 4.54. The quantitative estimate of drug-likeness (QED) is 0.695. The standard InChI is InChI=1S/C22H28N4O5/c1-13(2)26-21(27)15-7-5-6-8-16(15)25(22(26)28)12-19-23-20(24-31-19)14-9-10-17(29-3)18(11-14)30-4/h9-11,13,15-16H,5-8,12H2,1-4H3. The number of amides is 3. The summed E-state index contributed by atoms with van der Waals surface area (Å²) >= 11 is 0. The second kappa shape index (κ2) is 8.56. The Morgan fingerprint density at radius 2 is 1.87 bits per heavy atom. The number of methoxy groups -OCH3 is 2. The van der Waals surface area contributed by atoms with Gasteiger partial charge in [-0.15, -0.1) is 0 Å². The molecule has 3 amide bonds. The number of hydrogen-bond donors (Lipinski definition) is 0. The number of aromatic nitrogens is 2. The molecule has 1 aromatic heterocycles. The molecule has 0 spiro atoms. The molecule has 166 valence electrons. The van der Waals surface area contributed by atoms with Crippen LogP contribution >= 0.6 is 0 Å². The molecule has 0 N–H and O–H groups in total. The van der Waals surface area contributed by atoms with Crippen LogP contribution in [0.15, 0.2) is 22.7 Å². The summed E-state index contributed by atoms with van der Waals surface area (Å²) in [6, 6.07) is 4.76. The average Bonchev–Trinajstić information content (AvgIpc) is 3.24. The minimum Gasteiger partial charge on any atom is -0.493 e. The summed E-state index contributed by atoms with van der Waals surface area (Å²) in [7, 11) is 3.14. The maximum atomic E-state index is 13.2. The molecule has 0 radical (unpaired) electrons. The molecule has 0 bridgehead atoms. The molecule has 1 aliphatic carbocycles. The molecule has 2 atom stereocenters. The number of hydrogen-bond acceptors (Lipinski definition) is 7. The van der Waals surface area contributed by atoms with Gasteiger partial charge in [-0.3, -0.25) is 9.69 Å². The van der Waals surface area contributed by atoms with Crippen molar-refractivity contribution in [2.45, 2.75) is 58.2 Å². The first-order valence-corrected chi connectivity index (χ1v) is 10.6. The number of rotatable bonds is 6. The maximum absolute atomic E-state index is 13.2. The number of imide groups is 1. The van der Waals surface area contributed by atoms with E-state index >= 15 is 0 Å². The Morgan fingerprint density at radius 1 is 1.13 bits per heavy atom. The smallest absolute Gasteiger partial charge is 0.327 e. The van der Waals surface area contributed by atoms with Crippen LogP contribution in [0.25, 0.3) is 11.4 Å². The van der Waals surface area contributed by atoms with E-state index in [2.05, 4.69) is 10.1 Å². The van der Waals surface area contributed by atoms with Crippen LogP contribution in [0, 0.1) is 5.92 Å². The summed E-state index contributed by atoms with van der Waals surface area (Å²) in [6.07, 6.45) is 3.62. The van der Waals surface area contributed by atoms with Gasteiger partial charge in [0.05, 0.1) is 20.1 Å². The number of nitrogens with zero attached hydrogens (tertiary/aromatic N) is 4. The first-order chi connectivity index (χ1) is 14.9. The number of carbonyl (C=O) groups excluding carboxylic acids is 2. The van der Waals surface area contributed by atoms with Gasteiger partial charge in [-0.2, -0.15) is 4.98 Å². The van der Waals surface area contributed by atoms with E-state index < -0.39 is 0 Å². The first-order valence-electron chi connectivity index (χ1n) is 10.6. The van der Waals surface area contributed by atoms with Crippen molar-refractivity contribution in [1.82, 2.24) is 19.9 Å². The minimum atomic E-state index is -0.283. The zero-order valence-electron chi connectivity index (χ0n) is 18.3. The highest BCUT2D eigenvalue weighted by molar-refractivity contribution is 5.99. The SMILES string of the molecule is COc1ccc(-c2noc(CN3C(=O)N(C(C)C)C(=O)C4CCCCC43)n2)cc1OC. The van der Waals surface area contributed by atoms with E-state index in [4.69, 9.17) is 14.0 Å². The number of benzene rings is 1. The van der Waals surface area contributed by atoms with Gasteiger partial charge < -0.3 is 18.9 Å². The van der Waals surface area contributed by atoms with Crippen molar-refractivity contribution in [2.75, 3.05) is 14.2 Å².